The molecule has 0 aromatic carbocycles. The van der Waals surface area contributed by atoms with Crippen LogP contribution < -0.4 is 5.32 Å². The van der Waals surface area contributed by atoms with Gasteiger partial charge in [-0.1, -0.05) is 6.92 Å². The smallest absolute Gasteiger partial charge is 0.246 e. The SMILES string of the molecule is CCc1ccc(COC2CN(C(=O)/C=C/c3cnc4c(c3)CCC(=O)N4)C2)s1. The third-order valence-electron chi connectivity index (χ3n) is 4.97. The first-order chi connectivity index (χ1) is 13.6. The fraction of sp³-hybridized carbons (Fsp3) is 0.381. The van der Waals surface area contributed by atoms with Crippen molar-refractivity contribution in [2.24, 2.45) is 0 Å². The van der Waals surface area contributed by atoms with E-state index in [9.17, 15) is 9.59 Å². The van der Waals surface area contributed by atoms with Gasteiger partial charge in [-0.15, -0.1) is 11.3 Å². The summed E-state index contributed by atoms with van der Waals surface area (Å²) in [5, 5.41) is 2.76. The molecule has 1 N–H and O–H groups in total. The van der Waals surface area contributed by atoms with Crippen molar-refractivity contribution in [3.8, 4) is 0 Å². The molecule has 0 unspecified atom stereocenters. The second-order valence-corrected chi connectivity index (χ2v) is 8.31. The Balaban J connectivity index is 1.24. The van der Waals surface area contributed by atoms with E-state index < -0.39 is 0 Å². The maximum Gasteiger partial charge on any atom is 0.246 e. The predicted octanol–water partition coefficient (Wildman–Crippen LogP) is 3.03. The summed E-state index contributed by atoms with van der Waals surface area (Å²) in [5.74, 6) is 0.604. The van der Waals surface area contributed by atoms with Gasteiger partial charge in [0.1, 0.15) is 5.82 Å². The van der Waals surface area contributed by atoms with Crippen LogP contribution >= 0.6 is 11.3 Å². The van der Waals surface area contributed by atoms with Gasteiger partial charge in [0, 0.05) is 41.5 Å². The highest BCUT2D eigenvalue weighted by molar-refractivity contribution is 7.11. The van der Waals surface area contributed by atoms with Crippen LogP contribution in [0.2, 0.25) is 0 Å². The second kappa shape index (κ2) is 8.24. The van der Waals surface area contributed by atoms with Gasteiger partial charge in [0.15, 0.2) is 0 Å². The average Bonchev–Trinajstić information content (AvgIpc) is 3.13. The number of aromatic nitrogens is 1. The number of hydrogen-bond acceptors (Lipinski definition) is 5. The lowest BCUT2D eigenvalue weighted by molar-refractivity contribution is -0.140. The molecular formula is C21H23N3O3S. The third-order valence-corrected chi connectivity index (χ3v) is 6.18. The number of hydrogen-bond donors (Lipinski definition) is 1. The summed E-state index contributed by atoms with van der Waals surface area (Å²) >= 11 is 1.79. The largest absolute Gasteiger partial charge is 0.369 e. The lowest BCUT2D eigenvalue weighted by Crippen LogP contribution is -2.54. The second-order valence-electron chi connectivity index (χ2n) is 7.06. The Hall–Kier alpha value is -2.51. The van der Waals surface area contributed by atoms with Gasteiger partial charge in [0.25, 0.3) is 0 Å². The van der Waals surface area contributed by atoms with E-state index in [1.165, 1.54) is 9.75 Å². The molecule has 4 rings (SSSR count). The van der Waals surface area contributed by atoms with E-state index in [1.807, 2.05) is 6.07 Å². The summed E-state index contributed by atoms with van der Waals surface area (Å²) in [6, 6.07) is 6.24. The van der Waals surface area contributed by atoms with Gasteiger partial charge < -0.3 is 15.0 Å². The summed E-state index contributed by atoms with van der Waals surface area (Å²) in [6.07, 6.45) is 7.34. The fourth-order valence-electron chi connectivity index (χ4n) is 3.25. The number of aryl methyl sites for hydroxylation is 2. The third kappa shape index (κ3) is 4.31. The van der Waals surface area contributed by atoms with Crippen LogP contribution in [0.5, 0.6) is 0 Å². The zero-order valence-electron chi connectivity index (χ0n) is 15.8. The molecule has 2 aliphatic rings. The molecule has 2 aromatic rings. The maximum atomic E-state index is 12.3. The molecule has 4 heterocycles. The molecule has 2 aromatic heterocycles. The average molecular weight is 398 g/mol. The number of nitrogens with zero attached hydrogens (tertiary/aromatic N) is 2. The molecular weight excluding hydrogens is 374 g/mol. The molecule has 0 saturated carbocycles. The van der Waals surface area contributed by atoms with E-state index in [-0.39, 0.29) is 17.9 Å². The fourth-order valence-corrected chi connectivity index (χ4v) is 4.13. The Bertz CT molecular complexity index is 915. The van der Waals surface area contributed by atoms with E-state index in [0.29, 0.717) is 38.4 Å². The summed E-state index contributed by atoms with van der Waals surface area (Å²) in [6.45, 7) is 4.02. The summed E-state index contributed by atoms with van der Waals surface area (Å²) < 4.78 is 5.88. The molecule has 2 aliphatic heterocycles. The van der Waals surface area contributed by atoms with Crippen molar-refractivity contribution in [1.82, 2.24) is 9.88 Å². The number of ether oxygens (including phenoxy) is 1. The van der Waals surface area contributed by atoms with E-state index >= 15 is 0 Å². The molecule has 7 heteroatoms. The Morgan fingerprint density at radius 2 is 2.18 bits per heavy atom. The topological polar surface area (TPSA) is 71.5 Å². The monoisotopic (exact) mass is 397 g/mol. The van der Waals surface area contributed by atoms with Crippen LogP contribution in [0, 0.1) is 0 Å². The number of carbonyl (C=O) groups is 2. The minimum atomic E-state index is -0.0183. The molecule has 0 radical (unpaired) electrons. The van der Waals surface area contributed by atoms with Crippen LogP contribution in [0.3, 0.4) is 0 Å². The number of anilines is 1. The van der Waals surface area contributed by atoms with Crippen molar-refractivity contribution >= 4 is 35.0 Å². The Kier molecular flexibility index (Phi) is 5.54. The van der Waals surface area contributed by atoms with Crippen LogP contribution in [0.25, 0.3) is 6.08 Å². The standard InChI is InChI=1S/C21H23N3O3S/c1-2-17-5-6-18(28-17)13-27-16-11-24(12-16)20(26)8-3-14-9-15-4-7-19(25)23-21(15)22-10-14/h3,5-6,8-10,16H,2,4,7,11-13H2,1H3,(H,22,23,25)/b8-3+. The Labute approximate surface area is 168 Å². The van der Waals surface area contributed by atoms with Crippen molar-refractivity contribution in [2.75, 3.05) is 18.4 Å². The highest BCUT2D eigenvalue weighted by Gasteiger charge is 2.30. The van der Waals surface area contributed by atoms with E-state index in [0.717, 1.165) is 17.5 Å². The molecule has 2 amide bonds. The number of carbonyl (C=O) groups excluding carboxylic acids is 2. The van der Waals surface area contributed by atoms with E-state index in [1.54, 1.807) is 34.6 Å². The molecule has 146 valence electrons. The molecule has 0 bridgehead atoms. The highest BCUT2D eigenvalue weighted by Crippen LogP contribution is 2.22. The summed E-state index contributed by atoms with van der Waals surface area (Å²) in [4.78, 5) is 32.3. The highest BCUT2D eigenvalue weighted by atomic mass is 32.1. The summed E-state index contributed by atoms with van der Waals surface area (Å²) in [5.41, 5.74) is 1.87. The number of thiophene rings is 1. The molecule has 6 nitrogen and oxygen atoms in total. The van der Waals surface area contributed by atoms with Gasteiger partial charge in [-0.05, 0) is 48.2 Å². The van der Waals surface area contributed by atoms with E-state index in [2.05, 4.69) is 29.4 Å². The first-order valence-corrected chi connectivity index (χ1v) is 10.4. The van der Waals surface area contributed by atoms with Gasteiger partial charge in [0.05, 0.1) is 12.7 Å². The molecule has 0 atom stereocenters. The zero-order valence-corrected chi connectivity index (χ0v) is 16.6. The van der Waals surface area contributed by atoms with Crippen LogP contribution in [0.15, 0.2) is 30.5 Å². The molecule has 1 saturated heterocycles. The number of pyridine rings is 1. The lowest BCUT2D eigenvalue weighted by Gasteiger charge is -2.38. The molecule has 0 aliphatic carbocycles. The van der Waals surface area contributed by atoms with Crippen molar-refractivity contribution < 1.29 is 14.3 Å². The minimum Gasteiger partial charge on any atom is -0.369 e. The van der Waals surface area contributed by atoms with Crippen LogP contribution in [-0.4, -0.2) is 40.9 Å². The first kappa shape index (κ1) is 18.8. The van der Waals surface area contributed by atoms with E-state index in [4.69, 9.17) is 4.74 Å². The predicted molar refractivity (Wildman–Crippen MR) is 109 cm³/mol. The van der Waals surface area contributed by atoms with Gasteiger partial charge in [-0.3, -0.25) is 9.59 Å². The first-order valence-electron chi connectivity index (χ1n) is 9.55. The Morgan fingerprint density at radius 3 is 2.96 bits per heavy atom. The van der Waals surface area contributed by atoms with Crippen molar-refractivity contribution in [2.45, 2.75) is 38.9 Å². The number of rotatable bonds is 6. The van der Waals surface area contributed by atoms with Crippen molar-refractivity contribution in [3.63, 3.8) is 0 Å². The van der Waals surface area contributed by atoms with Gasteiger partial charge in [0.2, 0.25) is 11.8 Å². The normalized spacial score (nSPS) is 16.8. The summed E-state index contributed by atoms with van der Waals surface area (Å²) in [7, 11) is 0. The number of fused-ring (bicyclic) bond motifs is 1. The Morgan fingerprint density at radius 1 is 1.36 bits per heavy atom. The van der Waals surface area contributed by atoms with Crippen LogP contribution in [0.1, 0.15) is 34.2 Å². The van der Waals surface area contributed by atoms with Crippen LogP contribution in [-0.2, 0) is 33.8 Å². The van der Waals surface area contributed by atoms with Gasteiger partial charge in [-0.2, -0.15) is 0 Å². The molecule has 1 fully saturated rings. The van der Waals surface area contributed by atoms with Gasteiger partial charge in [-0.25, -0.2) is 4.98 Å². The lowest BCUT2D eigenvalue weighted by atomic mass is 10.0. The number of likely N-dealkylation sites (tertiary alicyclic amines) is 1. The minimum absolute atomic E-state index is 0.00194. The number of nitrogens with one attached hydrogen (secondary N) is 1. The number of amides is 2. The zero-order chi connectivity index (χ0) is 19.5. The quantitative estimate of drug-likeness (QED) is 0.761. The van der Waals surface area contributed by atoms with Crippen molar-refractivity contribution in [3.05, 3.63) is 51.4 Å². The van der Waals surface area contributed by atoms with Gasteiger partial charge >= 0.3 is 0 Å². The molecule has 28 heavy (non-hydrogen) atoms. The molecule has 0 spiro atoms. The maximum absolute atomic E-state index is 12.3. The van der Waals surface area contributed by atoms with Crippen LogP contribution in [0.4, 0.5) is 5.82 Å². The van der Waals surface area contributed by atoms with Crippen molar-refractivity contribution in [1.29, 1.82) is 0 Å².